The van der Waals surface area contributed by atoms with Gasteiger partial charge in [0.05, 0.1) is 11.6 Å². The van der Waals surface area contributed by atoms with Crippen LogP contribution in [0.3, 0.4) is 0 Å². The van der Waals surface area contributed by atoms with Crippen LogP contribution in [0.1, 0.15) is 17.4 Å². The Morgan fingerprint density at radius 3 is 2.75 bits per heavy atom. The van der Waals surface area contributed by atoms with Gasteiger partial charge in [0.25, 0.3) is 0 Å². The molecule has 0 radical (unpaired) electrons. The first kappa shape index (κ1) is 15.5. The molecule has 1 fully saturated rings. The minimum atomic E-state index is 0.928. The molecule has 0 atom stereocenters. The summed E-state index contributed by atoms with van der Waals surface area (Å²) in [5, 5.41) is 5.56. The van der Waals surface area contributed by atoms with Crippen LogP contribution in [-0.2, 0) is 13.1 Å². The normalized spacial score (nSPS) is 16.2. The van der Waals surface area contributed by atoms with Crippen LogP contribution < -0.4 is 4.90 Å². The average molecular weight is 342 g/mol. The third kappa shape index (κ3) is 3.01. The smallest absolute Gasteiger partial charge is 0.140 e. The lowest BCUT2D eigenvalue weighted by Gasteiger charge is -2.35. The molecular formula is C17H22N6S. The van der Waals surface area contributed by atoms with Crippen molar-refractivity contribution in [1.29, 1.82) is 0 Å². The quantitative estimate of drug-likeness (QED) is 0.729. The number of anilines is 1. The fourth-order valence-corrected chi connectivity index (χ4v) is 4.09. The van der Waals surface area contributed by atoms with Crippen LogP contribution in [0.5, 0.6) is 0 Å². The molecule has 0 amide bonds. The summed E-state index contributed by atoms with van der Waals surface area (Å²) in [6, 6.07) is 2.21. The van der Waals surface area contributed by atoms with Crippen LogP contribution in [0.4, 0.5) is 5.82 Å². The molecule has 6 nitrogen and oxygen atoms in total. The van der Waals surface area contributed by atoms with E-state index in [1.54, 1.807) is 17.7 Å². The third-order valence-electron chi connectivity index (χ3n) is 4.52. The van der Waals surface area contributed by atoms with Crippen molar-refractivity contribution >= 4 is 27.4 Å². The Kier molecular flexibility index (Phi) is 4.20. The van der Waals surface area contributed by atoms with E-state index in [1.165, 1.54) is 15.8 Å². The van der Waals surface area contributed by atoms with E-state index in [0.717, 1.165) is 49.9 Å². The van der Waals surface area contributed by atoms with Gasteiger partial charge >= 0.3 is 0 Å². The van der Waals surface area contributed by atoms with E-state index in [9.17, 15) is 0 Å². The maximum absolute atomic E-state index is 4.56. The summed E-state index contributed by atoms with van der Waals surface area (Å²) >= 11 is 1.74. The van der Waals surface area contributed by atoms with E-state index in [-0.39, 0.29) is 0 Å². The van der Waals surface area contributed by atoms with Crippen LogP contribution in [0, 0.1) is 6.92 Å². The molecule has 0 bridgehead atoms. The monoisotopic (exact) mass is 342 g/mol. The lowest BCUT2D eigenvalue weighted by Crippen LogP contribution is -2.46. The summed E-state index contributed by atoms with van der Waals surface area (Å²) in [7, 11) is 0. The van der Waals surface area contributed by atoms with Gasteiger partial charge in [-0.05, 0) is 19.9 Å². The van der Waals surface area contributed by atoms with E-state index < -0.39 is 0 Å². The number of hydrogen-bond acceptors (Lipinski definition) is 6. The predicted octanol–water partition coefficient (Wildman–Crippen LogP) is 2.54. The number of aromatic nitrogens is 4. The molecule has 4 heterocycles. The third-order valence-corrected chi connectivity index (χ3v) is 5.48. The van der Waals surface area contributed by atoms with E-state index in [2.05, 4.69) is 51.0 Å². The summed E-state index contributed by atoms with van der Waals surface area (Å²) in [6.07, 6.45) is 5.82. The SMILES string of the molecule is CCn1cc(CN2CCN(c3ncnc4sc(C)cc34)CC2)cn1. The Labute approximate surface area is 145 Å². The summed E-state index contributed by atoms with van der Waals surface area (Å²) in [5.74, 6) is 1.09. The number of fused-ring (bicyclic) bond motifs is 1. The Hall–Kier alpha value is -1.99. The maximum atomic E-state index is 4.56. The van der Waals surface area contributed by atoms with Gasteiger partial charge in [-0.2, -0.15) is 5.10 Å². The molecule has 1 aliphatic rings. The summed E-state index contributed by atoms with van der Waals surface area (Å²) < 4.78 is 1.99. The van der Waals surface area contributed by atoms with Crippen LogP contribution in [0.15, 0.2) is 24.8 Å². The second kappa shape index (κ2) is 6.49. The molecular weight excluding hydrogens is 320 g/mol. The van der Waals surface area contributed by atoms with Crippen molar-refractivity contribution in [3.8, 4) is 0 Å². The van der Waals surface area contributed by atoms with Gasteiger partial charge in [0.2, 0.25) is 0 Å². The van der Waals surface area contributed by atoms with Crippen LogP contribution in [0.2, 0.25) is 0 Å². The highest BCUT2D eigenvalue weighted by atomic mass is 32.1. The van der Waals surface area contributed by atoms with Crippen molar-refractivity contribution in [3.05, 3.63) is 35.2 Å². The lowest BCUT2D eigenvalue weighted by molar-refractivity contribution is 0.249. The second-order valence-electron chi connectivity index (χ2n) is 6.24. The van der Waals surface area contributed by atoms with Crippen molar-refractivity contribution in [3.63, 3.8) is 0 Å². The Morgan fingerprint density at radius 1 is 1.17 bits per heavy atom. The van der Waals surface area contributed by atoms with E-state index in [4.69, 9.17) is 0 Å². The number of piperazine rings is 1. The first-order valence-corrected chi connectivity index (χ1v) is 9.24. The number of rotatable bonds is 4. The van der Waals surface area contributed by atoms with Crippen LogP contribution in [-0.4, -0.2) is 50.8 Å². The van der Waals surface area contributed by atoms with Crippen molar-refractivity contribution in [1.82, 2.24) is 24.6 Å². The van der Waals surface area contributed by atoms with Gasteiger partial charge in [0.15, 0.2) is 0 Å². The first-order valence-electron chi connectivity index (χ1n) is 8.42. The number of nitrogens with zero attached hydrogens (tertiary/aromatic N) is 6. The van der Waals surface area contributed by atoms with Gasteiger partial charge in [0, 0.05) is 55.9 Å². The van der Waals surface area contributed by atoms with Gasteiger partial charge in [-0.1, -0.05) is 0 Å². The molecule has 24 heavy (non-hydrogen) atoms. The van der Waals surface area contributed by atoms with Crippen LogP contribution >= 0.6 is 11.3 Å². The zero-order valence-corrected chi connectivity index (χ0v) is 15.0. The van der Waals surface area contributed by atoms with Crippen molar-refractivity contribution in [2.75, 3.05) is 31.1 Å². The zero-order chi connectivity index (χ0) is 16.5. The Morgan fingerprint density at radius 2 is 2.00 bits per heavy atom. The maximum Gasteiger partial charge on any atom is 0.140 e. The standard InChI is InChI=1S/C17H22N6S/c1-3-23-11-14(9-20-23)10-21-4-6-22(7-5-21)16-15-8-13(2)24-17(15)19-12-18-16/h8-9,11-12H,3-7,10H2,1-2H3. The average Bonchev–Trinajstić information content (AvgIpc) is 3.20. The molecule has 0 N–H and O–H groups in total. The Bertz CT molecular complexity index is 831. The van der Waals surface area contributed by atoms with Crippen molar-refractivity contribution in [2.45, 2.75) is 26.9 Å². The molecule has 7 heteroatoms. The number of hydrogen-bond donors (Lipinski definition) is 0. The minimum Gasteiger partial charge on any atom is -0.353 e. The van der Waals surface area contributed by atoms with Gasteiger partial charge in [-0.25, -0.2) is 9.97 Å². The molecule has 1 aliphatic heterocycles. The molecule has 126 valence electrons. The van der Waals surface area contributed by atoms with E-state index >= 15 is 0 Å². The van der Waals surface area contributed by atoms with Crippen LogP contribution in [0.25, 0.3) is 10.2 Å². The van der Waals surface area contributed by atoms with Crippen molar-refractivity contribution < 1.29 is 0 Å². The fourth-order valence-electron chi connectivity index (χ4n) is 3.25. The van der Waals surface area contributed by atoms with Gasteiger partial charge in [0.1, 0.15) is 17.0 Å². The first-order chi connectivity index (χ1) is 11.7. The molecule has 3 aromatic rings. The Balaban J connectivity index is 1.43. The summed E-state index contributed by atoms with van der Waals surface area (Å²) in [4.78, 5) is 16.2. The molecule has 0 saturated carbocycles. The number of aryl methyl sites for hydroxylation is 2. The van der Waals surface area contributed by atoms with Gasteiger partial charge in [-0.15, -0.1) is 11.3 Å². The molecule has 4 rings (SSSR count). The fraction of sp³-hybridized carbons (Fsp3) is 0.471. The highest BCUT2D eigenvalue weighted by molar-refractivity contribution is 7.18. The van der Waals surface area contributed by atoms with Crippen molar-refractivity contribution in [2.24, 2.45) is 0 Å². The van der Waals surface area contributed by atoms with E-state index in [0.29, 0.717) is 0 Å². The summed E-state index contributed by atoms with van der Waals surface area (Å²) in [5.41, 5.74) is 1.29. The largest absolute Gasteiger partial charge is 0.353 e. The molecule has 3 aromatic heterocycles. The molecule has 0 aliphatic carbocycles. The lowest BCUT2D eigenvalue weighted by atomic mass is 10.2. The highest BCUT2D eigenvalue weighted by Crippen LogP contribution is 2.30. The highest BCUT2D eigenvalue weighted by Gasteiger charge is 2.21. The zero-order valence-electron chi connectivity index (χ0n) is 14.1. The summed E-state index contributed by atoms with van der Waals surface area (Å²) in [6.45, 7) is 10.3. The number of thiophene rings is 1. The molecule has 0 spiro atoms. The topological polar surface area (TPSA) is 50.1 Å². The molecule has 0 aromatic carbocycles. The minimum absolute atomic E-state index is 0.928. The predicted molar refractivity (Wildman–Crippen MR) is 97.5 cm³/mol. The van der Waals surface area contributed by atoms with E-state index in [1.807, 2.05) is 10.9 Å². The second-order valence-corrected chi connectivity index (χ2v) is 7.48. The van der Waals surface area contributed by atoms with Gasteiger partial charge in [-0.3, -0.25) is 9.58 Å². The molecule has 1 saturated heterocycles. The van der Waals surface area contributed by atoms with Gasteiger partial charge < -0.3 is 4.90 Å². The molecule has 0 unspecified atom stereocenters.